The minimum atomic E-state index is -0.802. The Morgan fingerprint density at radius 1 is 0.667 bits per heavy atom. The predicted molar refractivity (Wildman–Crippen MR) is 28.3 cm³/mol. The fourth-order valence-electron chi connectivity index (χ4n) is 0.403. The van der Waals surface area contributed by atoms with Crippen molar-refractivity contribution in [2.24, 2.45) is 0 Å². The summed E-state index contributed by atoms with van der Waals surface area (Å²) in [7, 11) is 0. The summed E-state index contributed by atoms with van der Waals surface area (Å²) in [6.45, 7) is 0. The molecule has 0 saturated heterocycles. The van der Waals surface area contributed by atoms with Gasteiger partial charge in [-0.15, -0.1) is 0 Å². The first kappa shape index (κ1) is 5.54. The first-order valence-corrected chi connectivity index (χ1v) is 2.11. The van der Waals surface area contributed by atoms with Crippen molar-refractivity contribution in [1.29, 1.82) is 0 Å². The maximum atomic E-state index is 10.2. The first-order chi connectivity index (χ1) is 4.18. The lowest BCUT2D eigenvalue weighted by molar-refractivity contribution is 0.888. The molecule has 0 radical (unpaired) electrons. The van der Waals surface area contributed by atoms with Gasteiger partial charge in [0.25, 0.3) is 0 Å². The van der Waals surface area contributed by atoms with Gasteiger partial charge in [-0.1, -0.05) is 0 Å². The molecule has 0 spiro atoms. The average molecular weight is 132 g/mol. The zero-order valence-corrected chi connectivity index (χ0v) is 4.22. The molecule has 0 saturated carbocycles. The minimum Gasteiger partial charge on any atom is -0.259 e. The van der Waals surface area contributed by atoms with Crippen molar-refractivity contribution < 1.29 is 0 Å². The molecule has 0 aliphatic carbocycles. The zero-order valence-electron chi connectivity index (χ0n) is 4.22. The van der Waals surface area contributed by atoms with E-state index >= 15 is 0 Å². The molecule has 0 aliphatic rings. The van der Waals surface area contributed by atoms with E-state index in [-0.39, 0.29) is 0 Å². The molecule has 1 aromatic rings. The lowest BCUT2D eigenvalue weighted by Gasteiger charge is -1.77. The molecule has 0 fully saturated rings. The average Bonchev–Trinajstić information content (AvgIpc) is 1.59. The molecule has 48 valence electrons. The van der Waals surface area contributed by atoms with E-state index in [1.165, 1.54) is 0 Å². The smallest absolute Gasteiger partial charge is 0.259 e. The highest BCUT2D eigenvalue weighted by Gasteiger charge is 1.84. The van der Waals surface area contributed by atoms with Crippen LogP contribution in [0.2, 0.25) is 0 Å². The summed E-state index contributed by atoms with van der Waals surface area (Å²) in [6.07, 6.45) is 0. The van der Waals surface area contributed by atoms with Crippen LogP contribution < -0.4 is 17.1 Å². The molecule has 1 heterocycles. The molecule has 0 atom stereocenters. The number of H-pyrrole nitrogens is 3. The summed E-state index contributed by atoms with van der Waals surface area (Å²) in [5, 5.41) is 0. The first-order valence-electron chi connectivity index (χ1n) is 2.11. The van der Waals surface area contributed by atoms with Crippen molar-refractivity contribution in [3.63, 3.8) is 0 Å². The molecule has 9 heavy (non-hydrogen) atoms. The van der Waals surface area contributed by atoms with E-state index in [0.717, 1.165) is 0 Å². The molecule has 0 aromatic carbocycles. The van der Waals surface area contributed by atoms with Crippen molar-refractivity contribution in [2.75, 3.05) is 0 Å². The molecular formula is C3H3N3O3. The Morgan fingerprint density at radius 2 is 0.889 bits per heavy atom. The van der Waals surface area contributed by atoms with Crippen molar-refractivity contribution >= 4 is 0 Å². The predicted octanol–water partition coefficient (Wildman–Crippen LogP) is -2.25. The number of rotatable bonds is 0. The quantitative estimate of drug-likeness (QED) is 0.372. The van der Waals surface area contributed by atoms with Gasteiger partial charge in [0.15, 0.2) is 0 Å². The van der Waals surface area contributed by atoms with E-state index < -0.39 is 17.1 Å². The molecule has 0 amide bonds. The van der Waals surface area contributed by atoms with Gasteiger partial charge >= 0.3 is 17.1 Å². The van der Waals surface area contributed by atoms with Gasteiger partial charge in [-0.05, 0) is 0 Å². The summed E-state index contributed by atoms with van der Waals surface area (Å²) in [4.78, 5) is 35.9. The zero-order chi connectivity index (χ0) is 6.85. The highest BCUT2D eigenvalue weighted by atomic mass is 16.2. The molecule has 0 aliphatic heterocycles. The highest BCUT2D eigenvalue weighted by molar-refractivity contribution is 4.60. The Morgan fingerprint density at radius 3 is 1.11 bits per heavy atom. The Balaban J connectivity index is 3.72. The summed E-state index contributed by atoms with van der Waals surface area (Å²) in [6, 6.07) is 0. The fraction of sp³-hybridized carbons (Fsp3) is 0. The minimum absolute atomic E-state index is 0.802. The van der Waals surface area contributed by atoms with Gasteiger partial charge in [0.1, 0.15) is 0 Å². The van der Waals surface area contributed by atoms with Crippen LogP contribution in [0.3, 0.4) is 0 Å². The van der Waals surface area contributed by atoms with Gasteiger partial charge in [-0.25, -0.2) is 14.4 Å². The molecule has 6 heteroatoms. The largest absolute Gasteiger partial charge is 0.330 e. The monoisotopic (exact) mass is 132 g/mol. The second-order valence-corrected chi connectivity index (χ2v) is 1.36. The van der Waals surface area contributed by atoms with Crippen LogP contribution in [-0.2, 0) is 0 Å². The van der Waals surface area contributed by atoms with E-state index in [0.29, 0.717) is 0 Å². The van der Waals surface area contributed by atoms with Crippen LogP contribution in [0.15, 0.2) is 14.4 Å². The maximum absolute atomic E-state index is 10.2. The maximum Gasteiger partial charge on any atom is 0.330 e. The SMILES string of the molecule is O=[13c]1[nH][13c](=O)[nH][13c](=O)[nH]1. The van der Waals surface area contributed by atoms with Crippen LogP contribution in [0.1, 0.15) is 0 Å². The third-order valence-corrected chi connectivity index (χ3v) is 0.681. The topological polar surface area (TPSA) is 98.6 Å². The van der Waals surface area contributed by atoms with Gasteiger partial charge < -0.3 is 0 Å². The van der Waals surface area contributed by atoms with E-state index in [4.69, 9.17) is 0 Å². The van der Waals surface area contributed by atoms with Crippen molar-refractivity contribution in [1.82, 2.24) is 15.0 Å². The molecule has 0 bridgehead atoms. The van der Waals surface area contributed by atoms with Crippen LogP contribution in [0.4, 0.5) is 0 Å². The van der Waals surface area contributed by atoms with Crippen molar-refractivity contribution in [3.8, 4) is 0 Å². The lowest BCUT2D eigenvalue weighted by Crippen LogP contribution is -2.34. The van der Waals surface area contributed by atoms with E-state index in [1.807, 2.05) is 0 Å². The summed E-state index contributed by atoms with van der Waals surface area (Å²) >= 11 is 0. The molecule has 6 nitrogen and oxygen atoms in total. The third kappa shape index (κ3) is 1.15. The van der Waals surface area contributed by atoms with E-state index in [1.54, 1.807) is 15.0 Å². The molecular weight excluding hydrogens is 129 g/mol. The normalized spacial score (nSPS) is 9.33. The van der Waals surface area contributed by atoms with Crippen LogP contribution >= 0.6 is 0 Å². The van der Waals surface area contributed by atoms with Gasteiger partial charge in [-0.3, -0.25) is 15.0 Å². The van der Waals surface area contributed by atoms with Crippen molar-refractivity contribution in [3.05, 3.63) is 31.5 Å². The number of hydrogen-bond acceptors (Lipinski definition) is 3. The number of aromatic amines is 3. The number of nitrogens with one attached hydrogen (secondary N) is 3. The summed E-state index contributed by atoms with van der Waals surface area (Å²) < 4.78 is 0. The van der Waals surface area contributed by atoms with Gasteiger partial charge in [-0.2, -0.15) is 0 Å². The van der Waals surface area contributed by atoms with Gasteiger partial charge in [0.05, 0.1) is 0 Å². The number of aromatic nitrogens is 3. The number of hydrogen-bond donors (Lipinski definition) is 3. The molecule has 1 rings (SSSR count). The molecule has 3 N–H and O–H groups in total. The van der Waals surface area contributed by atoms with Gasteiger partial charge in [0, 0.05) is 0 Å². The Hall–Kier alpha value is -1.59. The van der Waals surface area contributed by atoms with Crippen LogP contribution in [-0.4, -0.2) is 15.0 Å². The summed E-state index contributed by atoms with van der Waals surface area (Å²) in [5.74, 6) is 0. The Bertz CT molecular complexity index is 277. The summed E-state index contributed by atoms with van der Waals surface area (Å²) in [5.41, 5.74) is -2.41. The van der Waals surface area contributed by atoms with E-state index in [2.05, 4.69) is 0 Å². The van der Waals surface area contributed by atoms with E-state index in [9.17, 15) is 14.4 Å². The van der Waals surface area contributed by atoms with Crippen LogP contribution in [0, 0.1) is 0 Å². The van der Waals surface area contributed by atoms with Gasteiger partial charge in [0.2, 0.25) is 0 Å². The molecule has 0 unspecified atom stereocenters. The standard InChI is InChI=1S/C3H3N3O3/c7-1-4-2(8)6-3(9)5-1/h(H3,4,5,6,7,8,9)/i1+1,2+1,3+1. The second-order valence-electron chi connectivity index (χ2n) is 1.36. The lowest BCUT2D eigenvalue weighted by atomic mass is 11.7. The third-order valence-electron chi connectivity index (χ3n) is 0.681. The van der Waals surface area contributed by atoms with Crippen LogP contribution in [0.5, 0.6) is 0 Å². The highest BCUT2D eigenvalue weighted by Crippen LogP contribution is 1.29. The fourth-order valence-corrected chi connectivity index (χ4v) is 0.403. The Labute approximate surface area is 47.6 Å². The second kappa shape index (κ2) is 1.73. The molecule has 1 aromatic heterocycles. The Kier molecular flexibility index (Phi) is 1.07. The van der Waals surface area contributed by atoms with Crippen molar-refractivity contribution in [2.45, 2.75) is 0 Å². The van der Waals surface area contributed by atoms with Crippen LogP contribution in [0.25, 0.3) is 0 Å².